The van der Waals surface area contributed by atoms with E-state index in [1.165, 1.54) is 6.07 Å². The third-order valence-electron chi connectivity index (χ3n) is 5.09. The Bertz CT molecular complexity index is 913. The van der Waals surface area contributed by atoms with Crippen LogP contribution in [0.5, 0.6) is 0 Å². The molecule has 9 heteroatoms. The number of alkyl halides is 3. The fourth-order valence-corrected chi connectivity index (χ4v) is 3.51. The molecule has 0 saturated carbocycles. The third-order valence-corrected chi connectivity index (χ3v) is 5.33. The number of anilines is 1. The number of carbonyl (C=O) groups is 2. The number of amides is 2. The Morgan fingerprint density at radius 1 is 1.03 bits per heavy atom. The summed E-state index contributed by atoms with van der Waals surface area (Å²) in [6.07, 6.45) is -4.64. The molecule has 0 radical (unpaired) electrons. The van der Waals surface area contributed by atoms with Crippen molar-refractivity contribution in [1.82, 2.24) is 9.80 Å². The van der Waals surface area contributed by atoms with Gasteiger partial charge in [-0.2, -0.15) is 13.2 Å². The summed E-state index contributed by atoms with van der Waals surface area (Å²) in [7, 11) is 0. The second-order valence-corrected chi connectivity index (χ2v) is 7.48. The number of nitrogens with one attached hydrogen (secondary N) is 1. The second kappa shape index (κ2) is 9.06. The molecule has 1 aliphatic heterocycles. The van der Waals surface area contributed by atoms with Gasteiger partial charge in [0.25, 0.3) is 5.91 Å². The Morgan fingerprint density at radius 3 is 2.27 bits per heavy atom. The van der Waals surface area contributed by atoms with Gasteiger partial charge in [-0.1, -0.05) is 29.8 Å². The minimum Gasteiger partial charge on any atom is -0.336 e. The molecular weight excluding hydrogens is 419 g/mol. The van der Waals surface area contributed by atoms with Crippen LogP contribution in [-0.4, -0.2) is 53.8 Å². The molecule has 0 unspecified atom stereocenters. The predicted molar refractivity (Wildman–Crippen MR) is 108 cm³/mol. The maximum atomic E-state index is 13.2. The Kier molecular flexibility index (Phi) is 6.67. The summed E-state index contributed by atoms with van der Waals surface area (Å²) in [5.74, 6) is -0.631. The lowest BCUT2D eigenvalue weighted by molar-refractivity contribution is -0.137. The molecule has 0 aliphatic carbocycles. The third kappa shape index (κ3) is 5.12. The number of rotatable bonds is 4. The van der Waals surface area contributed by atoms with E-state index in [0.29, 0.717) is 31.7 Å². The average Bonchev–Trinajstić information content (AvgIpc) is 2.74. The lowest BCUT2D eigenvalue weighted by Gasteiger charge is -2.37. The highest BCUT2D eigenvalue weighted by atomic mass is 35.5. The smallest absolute Gasteiger partial charge is 0.336 e. The van der Waals surface area contributed by atoms with Crippen LogP contribution in [0.3, 0.4) is 0 Å². The van der Waals surface area contributed by atoms with Gasteiger partial charge in [0.1, 0.15) is 0 Å². The molecule has 1 heterocycles. The minimum absolute atomic E-state index is 0.0624. The fourth-order valence-electron chi connectivity index (χ4n) is 3.34. The number of hydrogen-bond acceptors (Lipinski definition) is 3. The van der Waals surface area contributed by atoms with Crippen molar-refractivity contribution in [2.75, 3.05) is 31.5 Å². The summed E-state index contributed by atoms with van der Waals surface area (Å²) in [6.45, 7) is 3.38. The average molecular weight is 440 g/mol. The summed E-state index contributed by atoms with van der Waals surface area (Å²) >= 11 is 5.67. The molecule has 2 aromatic rings. The quantitative estimate of drug-likeness (QED) is 0.779. The van der Waals surface area contributed by atoms with Crippen LogP contribution in [0, 0.1) is 0 Å². The van der Waals surface area contributed by atoms with Gasteiger partial charge in [0.2, 0.25) is 5.91 Å². The lowest BCUT2D eigenvalue weighted by atomic mass is 10.1. The van der Waals surface area contributed by atoms with E-state index in [1.807, 2.05) is 11.0 Å². The van der Waals surface area contributed by atoms with Crippen LogP contribution < -0.4 is 5.32 Å². The van der Waals surface area contributed by atoms with E-state index in [1.54, 1.807) is 36.1 Å². The van der Waals surface area contributed by atoms with Crippen molar-refractivity contribution >= 4 is 29.1 Å². The van der Waals surface area contributed by atoms with E-state index < -0.39 is 23.7 Å². The molecule has 1 fully saturated rings. The molecule has 5 nitrogen and oxygen atoms in total. The van der Waals surface area contributed by atoms with E-state index in [4.69, 9.17) is 11.6 Å². The molecule has 0 aromatic heterocycles. The summed E-state index contributed by atoms with van der Waals surface area (Å²) < 4.78 is 39.7. The second-order valence-electron chi connectivity index (χ2n) is 7.05. The molecule has 2 amide bonds. The van der Waals surface area contributed by atoms with Gasteiger partial charge in [-0.3, -0.25) is 14.5 Å². The zero-order valence-electron chi connectivity index (χ0n) is 16.2. The normalized spacial score (nSPS) is 16.2. The molecule has 2 aromatic carbocycles. The van der Waals surface area contributed by atoms with E-state index in [-0.39, 0.29) is 16.6 Å². The van der Waals surface area contributed by atoms with Gasteiger partial charge in [-0.05, 0) is 37.3 Å². The number of benzene rings is 2. The highest BCUT2D eigenvalue weighted by molar-refractivity contribution is 6.30. The first-order valence-corrected chi connectivity index (χ1v) is 9.80. The minimum atomic E-state index is -4.64. The van der Waals surface area contributed by atoms with Crippen molar-refractivity contribution in [3.05, 3.63) is 64.7 Å². The lowest BCUT2D eigenvalue weighted by Crippen LogP contribution is -2.54. The Balaban J connectivity index is 1.61. The van der Waals surface area contributed by atoms with E-state index in [0.717, 1.165) is 12.1 Å². The molecule has 30 heavy (non-hydrogen) atoms. The summed E-state index contributed by atoms with van der Waals surface area (Å²) in [4.78, 5) is 28.6. The molecule has 1 aliphatic rings. The SMILES string of the molecule is C[C@@H](C(=O)Nc1ccc(Cl)cc1C(F)(F)F)N1CCN(C(=O)c2ccccc2)CC1. The first kappa shape index (κ1) is 22.1. The first-order valence-electron chi connectivity index (χ1n) is 9.43. The molecule has 3 rings (SSSR count). The van der Waals surface area contributed by atoms with Gasteiger partial charge < -0.3 is 10.2 Å². The van der Waals surface area contributed by atoms with Crippen LogP contribution >= 0.6 is 11.6 Å². The first-order chi connectivity index (χ1) is 14.2. The van der Waals surface area contributed by atoms with Crippen molar-refractivity contribution in [1.29, 1.82) is 0 Å². The van der Waals surface area contributed by atoms with Crippen LogP contribution in [0.2, 0.25) is 5.02 Å². The predicted octanol–water partition coefficient (Wildman–Crippen LogP) is 4.14. The molecule has 0 bridgehead atoms. The van der Waals surface area contributed by atoms with E-state index >= 15 is 0 Å². The highest BCUT2D eigenvalue weighted by Crippen LogP contribution is 2.36. The van der Waals surface area contributed by atoms with Gasteiger partial charge in [-0.15, -0.1) is 0 Å². The topological polar surface area (TPSA) is 52.7 Å². The van der Waals surface area contributed by atoms with Gasteiger partial charge in [0.15, 0.2) is 0 Å². The number of halogens is 4. The summed E-state index contributed by atoms with van der Waals surface area (Å²) in [5.41, 5.74) is -0.727. The van der Waals surface area contributed by atoms with Crippen LogP contribution in [0.4, 0.5) is 18.9 Å². The van der Waals surface area contributed by atoms with Crippen molar-refractivity contribution in [2.45, 2.75) is 19.1 Å². The zero-order chi connectivity index (χ0) is 21.9. The maximum absolute atomic E-state index is 13.2. The number of hydrogen-bond donors (Lipinski definition) is 1. The Hall–Kier alpha value is -2.58. The van der Waals surface area contributed by atoms with Crippen molar-refractivity contribution in [2.24, 2.45) is 0 Å². The summed E-state index contributed by atoms with van der Waals surface area (Å²) in [6, 6.07) is 11.5. The molecule has 0 spiro atoms. The van der Waals surface area contributed by atoms with Gasteiger partial charge >= 0.3 is 6.18 Å². The molecular formula is C21H21ClF3N3O2. The molecule has 160 valence electrons. The van der Waals surface area contributed by atoms with Crippen molar-refractivity contribution in [3.8, 4) is 0 Å². The van der Waals surface area contributed by atoms with E-state index in [2.05, 4.69) is 5.32 Å². The van der Waals surface area contributed by atoms with Crippen LogP contribution in [-0.2, 0) is 11.0 Å². The van der Waals surface area contributed by atoms with Gasteiger partial charge in [0, 0.05) is 36.8 Å². The maximum Gasteiger partial charge on any atom is 0.418 e. The molecule has 1 atom stereocenters. The number of piperazine rings is 1. The highest BCUT2D eigenvalue weighted by Gasteiger charge is 2.35. The van der Waals surface area contributed by atoms with Crippen LogP contribution in [0.25, 0.3) is 0 Å². The molecule has 1 saturated heterocycles. The number of carbonyl (C=O) groups excluding carboxylic acids is 2. The Labute approximate surface area is 177 Å². The van der Waals surface area contributed by atoms with Crippen LogP contribution in [0.15, 0.2) is 48.5 Å². The van der Waals surface area contributed by atoms with Crippen molar-refractivity contribution < 1.29 is 22.8 Å². The fraction of sp³-hybridized carbons (Fsp3) is 0.333. The zero-order valence-corrected chi connectivity index (χ0v) is 17.0. The number of nitrogens with zero attached hydrogens (tertiary/aromatic N) is 2. The summed E-state index contributed by atoms with van der Waals surface area (Å²) in [5, 5.41) is 2.30. The van der Waals surface area contributed by atoms with E-state index in [9.17, 15) is 22.8 Å². The largest absolute Gasteiger partial charge is 0.418 e. The van der Waals surface area contributed by atoms with Crippen LogP contribution in [0.1, 0.15) is 22.8 Å². The van der Waals surface area contributed by atoms with Crippen molar-refractivity contribution in [3.63, 3.8) is 0 Å². The van der Waals surface area contributed by atoms with Gasteiger partial charge in [0.05, 0.1) is 17.3 Å². The molecule has 1 N–H and O–H groups in total. The Morgan fingerprint density at radius 2 is 1.67 bits per heavy atom. The van der Waals surface area contributed by atoms with Gasteiger partial charge in [-0.25, -0.2) is 0 Å². The standard InChI is InChI=1S/C21H21ClF3N3O2/c1-14(19(29)26-18-8-7-16(22)13-17(18)21(23,24)25)27-9-11-28(12-10-27)20(30)15-5-3-2-4-6-15/h2-8,13-14H,9-12H2,1H3,(H,26,29)/t14-/m0/s1. The monoisotopic (exact) mass is 439 g/mol.